The van der Waals surface area contributed by atoms with Gasteiger partial charge in [0.2, 0.25) is 0 Å². The summed E-state index contributed by atoms with van der Waals surface area (Å²) in [6.07, 6.45) is 0.0410. The normalized spacial score (nSPS) is 16.7. The van der Waals surface area contributed by atoms with E-state index in [2.05, 4.69) is 4.98 Å². The lowest BCUT2D eigenvalue weighted by Crippen LogP contribution is -2.52. The molecule has 0 spiro atoms. The van der Waals surface area contributed by atoms with Crippen molar-refractivity contribution < 1.29 is 28.5 Å². The number of ether oxygens (including phenoxy) is 4. The number of benzene rings is 1. The minimum Gasteiger partial charge on any atom is -0.479 e. The van der Waals surface area contributed by atoms with Gasteiger partial charge in [-0.05, 0) is 32.0 Å². The number of rotatable bonds is 9. The van der Waals surface area contributed by atoms with Crippen LogP contribution >= 0.6 is 11.3 Å². The fraction of sp³-hybridized carbons (Fsp3) is 0.476. The second-order valence-corrected chi connectivity index (χ2v) is 7.80. The monoisotopic (exact) mass is 434 g/mol. The summed E-state index contributed by atoms with van der Waals surface area (Å²) in [5.74, 6) is -0.256. The lowest BCUT2D eigenvalue weighted by Gasteiger charge is -2.36. The van der Waals surface area contributed by atoms with E-state index in [1.54, 1.807) is 38.4 Å². The van der Waals surface area contributed by atoms with Crippen LogP contribution in [0.1, 0.15) is 18.9 Å². The number of methoxy groups -OCH3 is 2. The van der Waals surface area contributed by atoms with Crippen molar-refractivity contribution in [1.29, 1.82) is 0 Å². The van der Waals surface area contributed by atoms with Crippen LogP contribution in [-0.2, 0) is 30.2 Å². The van der Waals surface area contributed by atoms with E-state index in [4.69, 9.17) is 18.9 Å². The highest BCUT2D eigenvalue weighted by molar-refractivity contribution is 7.09. The van der Waals surface area contributed by atoms with E-state index in [1.165, 1.54) is 12.0 Å². The number of carbonyl (C=O) groups excluding carboxylic acids is 2. The van der Waals surface area contributed by atoms with Gasteiger partial charge in [0.05, 0.1) is 29.6 Å². The highest BCUT2D eigenvalue weighted by Crippen LogP contribution is 2.39. The first kappa shape index (κ1) is 22.2. The van der Waals surface area contributed by atoms with Crippen molar-refractivity contribution >= 4 is 28.9 Å². The summed E-state index contributed by atoms with van der Waals surface area (Å²) >= 11 is 1.56. The SMILES string of the molecule is COCCOC(=O)C(C)N1C(=O)C(C)Oc2ccc(-c3csc(CCOC)n3)cc21. The quantitative estimate of drug-likeness (QED) is 0.443. The molecule has 2 heterocycles. The molecule has 1 aliphatic heterocycles. The fourth-order valence-corrected chi connectivity index (χ4v) is 3.91. The van der Waals surface area contributed by atoms with Crippen LogP contribution in [0.2, 0.25) is 0 Å². The van der Waals surface area contributed by atoms with Crippen LogP contribution in [0.25, 0.3) is 11.3 Å². The van der Waals surface area contributed by atoms with E-state index in [1.807, 2.05) is 17.5 Å². The van der Waals surface area contributed by atoms with Gasteiger partial charge in [-0.3, -0.25) is 9.69 Å². The Kier molecular flexibility index (Phi) is 7.41. The summed E-state index contributed by atoms with van der Waals surface area (Å²) in [5.41, 5.74) is 2.16. The van der Waals surface area contributed by atoms with E-state index in [0.717, 1.165) is 22.7 Å². The first-order chi connectivity index (χ1) is 14.5. The zero-order chi connectivity index (χ0) is 21.7. The summed E-state index contributed by atoms with van der Waals surface area (Å²) in [4.78, 5) is 31.5. The Bertz CT molecular complexity index is 899. The number of aromatic nitrogens is 1. The Hall–Kier alpha value is -2.49. The van der Waals surface area contributed by atoms with E-state index in [0.29, 0.717) is 24.7 Å². The number of hydrogen-bond acceptors (Lipinski definition) is 8. The van der Waals surface area contributed by atoms with Gasteiger partial charge in [-0.1, -0.05) is 0 Å². The van der Waals surface area contributed by atoms with Gasteiger partial charge in [0.1, 0.15) is 18.4 Å². The minimum atomic E-state index is -0.803. The number of nitrogens with zero attached hydrogens (tertiary/aromatic N) is 2. The Morgan fingerprint density at radius 3 is 2.77 bits per heavy atom. The fourth-order valence-electron chi connectivity index (χ4n) is 3.12. The van der Waals surface area contributed by atoms with Gasteiger partial charge in [-0.15, -0.1) is 11.3 Å². The first-order valence-corrected chi connectivity index (χ1v) is 10.6. The lowest BCUT2D eigenvalue weighted by molar-refractivity contribution is -0.147. The number of thiazole rings is 1. The third-order valence-corrected chi connectivity index (χ3v) is 5.64. The summed E-state index contributed by atoms with van der Waals surface area (Å²) in [7, 11) is 3.19. The van der Waals surface area contributed by atoms with Crippen LogP contribution in [-0.4, -0.2) is 63.0 Å². The molecule has 3 rings (SSSR count). The molecule has 1 aliphatic rings. The zero-order valence-corrected chi connectivity index (χ0v) is 18.4. The maximum atomic E-state index is 12.9. The molecule has 8 nitrogen and oxygen atoms in total. The molecule has 2 aromatic rings. The predicted molar refractivity (Wildman–Crippen MR) is 113 cm³/mol. The Morgan fingerprint density at radius 2 is 2.03 bits per heavy atom. The molecule has 0 saturated carbocycles. The molecular formula is C21H26N2O6S. The zero-order valence-electron chi connectivity index (χ0n) is 17.5. The number of amides is 1. The molecule has 2 unspecified atom stereocenters. The van der Waals surface area contributed by atoms with Crippen molar-refractivity contribution in [3.05, 3.63) is 28.6 Å². The van der Waals surface area contributed by atoms with Crippen molar-refractivity contribution in [2.45, 2.75) is 32.4 Å². The number of fused-ring (bicyclic) bond motifs is 1. The van der Waals surface area contributed by atoms with Gasteiger partial charge < -0.3 is 18.9 Å². The second-order valence-electron chi connectivity index (χ2n) is 6.86. The van der Waals surface area contributed by atoms with Gasteiger partial charge in [0.25, 0.3) is 5.91 Å². The maximum Gasteiger partial charge on any atom is 0.329 e. The average molecular weight is 435 g/mol. The van der Waals surface area contributed by atoms with Crippen molar-refractivity contribution in [2.24, 2.45) is 0 Å². The van der Waals surface area contributed by atoms with Crippen LogP contribution in [0, 0.1) is 0 Å². The summed E-state index contributed by atoms with van der Waals surface area (Å²) < 4.78 is 21.0. The highest BCUT2D eigenvalue weighted by Gasteiger charge is 2.38. The van der Waals surface area contributed by atoms with Crippen LogP contribution in [0.15, 0.2) is 23.6 Å². The van der Waals surface area contributed by atoms with Crippen molar-refractivity contribution in [3.8, 4) is 17.0 Å². The van der Waals surface area contributed by atoms with E-state index in [-0.39, 0.29) is 12.5 Å². The standard InChI is InChI=1S/C21H26N2O6S/c1-13(21(25)28-10-9-27-4)23-17-11-15(5-6-18(17)29-14(2)20(23)24)16-12-30-19(22-16)7-8-26-3/h5-6,11-14H,7-10H2,1-4H3. The van der Waals surface area contributed by atoms with Crippen LogP contribution in [0.3, 0.4) is 0 Å². The summed E-state index contributed by atoms with van der Waals surface area (Å²) in [6.45, 7) is 4.34. The highest BCUT2D eigenvalue weighted by atomic mass is 32.1. The number of anilines is 1. The second kappa shape index (κ2) is 10.0. The number of carbonyl (C=O) groups is 2. The number of hydrogen-bond donors (Lipinski definition) is 0. The minimum absolute atomic E-state index is 0.129. The molecule has 1 amide bonds. The van der Waals surface area contributed by atoms with Gasteiger partial charge in [0, 0.05) is 31.6 Å². The van der Waals surface area contributed by atoms with Gasteiger partial charge in [-0.25, -0.2) is 9.78 Å². The third-order valence-electron chi connectivity index (χ3n) is 4.74. The largest absolute Gasteiger partial charge is 0.479 e. The van der Waals surface area contributed by atoms with Gasteiger partial charge in [0.15, 0.2) is 6.10 Å². The van der Waals surface area contributed by atoms with E-state index in [9.17, 15) is 9.59 Å². The van der Waals surface area contributed by atoms with E-state index >= 15 is 0 Å². The van der Waals surface area contributed by atoms with E-state index < -0.39 is 18.1 Å². The Morgan fingerprint density at radius 1 is 1.27 bits per heavy atom. The molecule has 0 N–H and O–H groups in total. The molecule has 0 fully saturated rings. The molecule has 0 bridgehead atoms. The Labute approximate surface area is 179 Å². The molecule has 2 atom stereocenters. The van der Waals surface area contributed by atoms with Crippen LogP contribution < -0.4 is 9.64 Å². The van der Waals surface area contributed by atoms with Gasteiger partial charge >= 0.3 is 5.97 Å². The molecule has 30 heavy (non-hydrogen) atoms. The smallest absolute Gasteiger partial charge is 0.329 e. The third kappa shape index (κ3) is 4.80. The Balaban J connectivity index is 1.89. The predicted octanol–water partition coefficient (Wildman–Crippen LogP) is 2.69. The maximum absolute atomic E-state index is 12.9. The molecule has 0 saturated heterocycles. The lowest BCUT2D eigenvalue weighted by atomic mass is 10.1. The molecule has 1 aromatic heterocycles. The molecule has 162 valence electrons. The first-order valence-electron chi connectivity index (χ1n) is 9.69. The van der Waals surface area contributed by atoms with Crippen molar-refractivity contribution in [2.75, 3.05) is 38.9 Å². The molecule has 0 radical (unpaired) electrons. The average Bonchev–Trinajstić information content (AvgIpc) is 3.21. The molecule has 9 heteroatoms. The van der Waals surface area contributed by atoms with Crippen LogP contribution in [0.4, 0.5) is 5.69 Å². The van der Waals surface area contributed by atoms with Crippen LogP contribution in [0.5, 0.6) is 5.75 Å². The molecule has 0 aliphatic carbocycles. The molecule has 1 aromatic carbocycles. The molecular weight excluding hydrogens is 408 g/mol. The van der Waals surface area contributed by atoms with Crippen molar-refractivity contribution in [1.82, 2.24) is 4.98 Å². The number of esters is 1. The summed E-state index contributed by atoms with van der Waals surface area (Å²) in [5, 5.41) is 2.94. The topological polar surface area (TPSA) is 87.2 Å². The van der Waals surface area contributed by atoms with Crippen molar-refractivity contribution in [3.63, 3.8) is 0 Å². The summed E-state index contributed by atoms with van der Waals surface area (Å²) in [6, 6.07) is 4.73. The van der Waals surface area contributed by atoms with Gasteiger partial charge in [-0.2, -0.15) is 0 Å².